The predicted octanol–water partition coefficient (Wildman–Crippen LogP) is 7.29. The number of Topliss-reactive ketones (excluding diaryl/α,β-unsaturated/α-hetero) is 2. The average molecular weight is 528 g/mol. The average Bonchev–Trinajstić information content (AvgIpc) is 2.85. The largest absolute Gasteiger partial charge is 0.493 e. The van der Waals surface area contributed by atoms with Crippen LogP contribution < -0.4 is 9.47 Å². The van der Waals surface area contributed by atoms with Crippen molar-refractivity contribution in [3.05, 3.63) is 81.7 Å². The summed E-state index contributed by atoms with van der Waals surface area (Å²) in [4.78, 5) is 29.9. The van der Waals surface area contributed by atoms with Gasteiger partial charge < -0.3 is 14.4 Å². The summed E-state index contributed by atoms with van der Waals surface area (Å²) in [6.07, 6.45) is 2.60. The number of rotatable bonds is 6. The molecule has 2 aromatic rings. The minimum Gasteiger partial charge on any atom is -0.493 e. The zero-order valence-electron chi connectivity index (χ0n) is 24.4. The lowest BCUT2D eigenvalue weighted by atomic mass is 9.63. The lowest BCUT2D eigenvalue weighted by molar-refractivity contribution is -0.119. The Morgan fingerprint density at radius 3 is 1.90 bits per heavy atom. The number of allylic oxidation sites excluding steroid dienone is 4. The Bertz CT molecular complexity index is 1320. The minimum atomic E-state index is -0.384. The molecular weight excluding hydrogens is 486 g/mol. The number of nitrogens with zero attached hydrogens (tertiary/aromatic N) is 1. The molecule has 2 aromatic carbocycles. The van der Waals surface area contributed by atoms with Crippen molar-refractivity contribution in [2.45, 2.75) is 79.8 Å². The van der Waals surface area contributed by atoms with E-state index in [0.29, 0.717) is 30.9 Å². The Hall–Kier alpha value is -3.34. The normalized spacial score (nSPS) is 20.6. The first-order chi connectivity index (χ1) is 18.4. The summed E-state index contributed by atoms with van der Waals surface area (Å²) < 4.78 is 11.9. The zero-order valence-corrected chi connectivity index (χ0v) is 24.4. The van der Waals surface area contributed by atoms with Crippen LogP contribution in [0.3, 0.4) is 0 Å². The molecule has 0 fully saturated rings. The van der Waals surface area contributed by atoms with Gasteiger partial charge >= 0.3 is 0 Å². The molecule has 0 saturated carbocycles. The van der Waals surface area contributed by atoms with Crippen LogP contribution in [-0.4, -0.2) is 30.1 Å². The number of carbonyl (C=O) groups excluding carboxylic acids is 2. The SMILES string of the molecule is CCN1C2=C(C(=O)CC(C)(C)C2)C(c2ccc(OCc3ccc(C)cc3)c(OC)c2)C2=C1CC(C)(C)CC2=O. The first kappa shape index (κ1) is 27.2. The quantitative estimate of drug-likeness (QED) is 0.395. The van der Waals surface area contributed by atoms with Gasteiger partial charge in [-0.05, 0) is 60.8 Å². The minimum absolute atomic E-state index is 0.120. The third kappa shape index (κ3) is 5.16. The Morgan fingerprint density at radius 1 is 0.821 bits per heavy atom. The van der Waals surface area contributed by atoms with Crippen LogP contribution in [0.25, 0.3) is 0 Å². The molecule has 39 heavy (non-hydrogen) atoms. The topological polar surface area (TPSA) is 55.8 Å². The number of hydrogen-bond acceptors (Lipinski definition) is 5. The van der Waals surface area contributed by atoms with Gasteiger partial charge in [-0.3, -0.25) is 9.59 Å². The van der Waals surface area contributed by atoms with Crippen LogP contribution in [0.5, 0.6) is 11.5 Å². The van der Waals surface area contributed by atoms with E-state index in [1.807, 2.05) is 18.2 Å². The Labute approximate surface area is 232 Å². The number of aryl methyl sites for hydroxylation is 1. The van der Waals surface area contributed by atoms with E-state index in [-0.39, 0.29) is 28.3 Å². The van der Waals surface area contributed by atoms with Crippen LogP contribution in [0.1, 0.15) is 82.9 Å². The lowest BCUT2D eigenvalue weighted by Gasteiger charge is -2.48. The molecule has 5 nitrogen and oxygen atoms in total. The molecule has 0 aromatic heterocycles. The zero-order chi connectivity index (χ0) is 28.1. The maximum atomic E-state index is 13.8. The number of ketones is 2. The molecule has 2 aliphatic carbocycles. The van der Waals surface area contributed by atoms with Gasteiger partial charge in [-0.2, -0.15) is 0 Å². The number of ether oxygens (including phenoxy) is 2. The first-order valence-corrected chi connectivity index (χ1v) is 14.1. The molecule has 0 bridgehead atoms. The molecule has 5 heteroatoms. The monoisotopic (exact) mass is 527 g/mol. The molecule has 206 valence electrons. The predicted molar refractivity (Wildman–Crippen MR) is 154 cm³/mol. The van der Waals surface area contributed by atoms with Crippen molar-refractivity contribution in [2.24, 2.45) is 10.8 Å². The fourth-order valence-electron chi connectivity index (χ4n) is 6.59. The molecule has 0 amide bonds. The van der Waals surface area contributed by atoms with Crippen molar-refractivity contribution in [1.82, 2.24) is 4.90 Å². The van der Waals surface area contributed by atoms with Crippen molar-refractivity contribution in [2.75, 3.05) is 13.7 Å². The highest BCUT2D eigenvalue weighted by molar-refractivity contribution is 6.06. The third-order valence-corrected chi connectivity index (χ3v) is 8.37. The molecule has 5 rings (SSSR count). The van der Waals surface area contributed by atoms with Gasteiger partial charge in [0.25, 0.3) is 0 Å². The highest BCUT2D eigenvalue weighted by atomic mass is 16.5. The molecule has 0 atom stereocenters. The Balaban J connectivity index is 1.60. The third-order valence-electron chi connectivity index (χ3n) is 8.37. The molecule has 0 saturated heterocycles. The molecule has 0 N–H and O–H groups in total. The van der Waals surface area contributed by atoms with E-state index in [9.17, 15) is 9.59 Å². The Morgan fingerprint density at radius 2 is 1.38 bits per heavy atom. The standard InChI is InChI=1S/C34H41NO4/c1-8-35-24-16-33(3,4)18-26(36)31(24)30(32-25(35)17-34(5,6)19-27(32)37)23-13-14-28(29(15-23)38-7)39-20-22-11-9-21(2)10-12-22/h9-15,30H,8,16-20H2,1-7H3. The fourth-order valence-corrected chi connectivity index (χ4v) is 6.59. The lowest BCUT2D eigenvalue weighted by Crippen LogP contribution is -2.44. The molecule has 0 radical (unpaired) electrons. The summed E-state index contributed by atoms with van der Waals surface area (Å²) in [5.41, 5.74) is 6.71. The van der Waals surface area contributed by atoms with Gasteiger partial charge in [0.1, 0.15) is 6.61 Å². The van der Waals surface area contributed by atoms with E-state index in [4.69, 9.17) is 9.47 Å². The van der Waals surface area contributed by atoms with Crippen molar-refractivity contribution in [3.63, 3.8) is 0 Å². The number of methoxy groups -OCH3 is 1. The number of carbonyl (C=O) groups is 2. The molecular formula is C34H41NO4. The van der Waals surface area contributed by atoms with Crippen LogP contribution in [0, 0.1) is 17.8 Å². The van der Waals surface area contributed by atoms with Crippen molar-refractivity contribution in [1.29, 1.82) is 0 Å². The highest BCUT2D eigenvalue weighted by Crippen LogP contribution is 2.54. The van der Waals surface area contributed by atoms with Crippen molar-refractivity contribution in [3.8, 4) is 11.5 Å². The molecule has 1 aliphatic heterocycles. The summed E-state index contributed by atoms with van der Waals surface area (Å²) >= 11 is 0. The van der Waals surface area contributed by atoms with Crippen molar-refractivity contribution >= 4 is 11.6 Å². The van der Waals surface area contributed by atoms with Crippen molar-refractivity contribution < 1.29 is 19.1 Å². The number of hydrogen-bond donors (Lipinski definition) is 0. The van der Waals surface area contributed by atoms with Gasteiger partial charge in [-0.1, -0.05) is 63.6 Å². The van der Waals surface area contributed by atoms with E-state index < -0.39 is 0 Å². The van der Waals surface area contributed by atoms with Crippen LogP contribution in [0.15, 0.2) is 65.0 Å². The summed E-state index contributed by atoms with van der Waals surface area (Å²) in [6.45, 7) is 14.0. The second-order valence-corrected chi connectivity index (χ2v) is 13.0. The summed E-state index contributed by atoms with van der Waals surface area (Å²) in [5.74, 6) is 1.16. The fraction of sp³-hybridized carbons (Fsp3) is 0.471. The van der Waals surface area contributed by atoms with E-state index in [0.717, 1.165) is 53.1 Å². The van der Waals surface area contributed by atoms with Gasteiger partial charge in [0.05, 0.1) is 7.11 Å². The maximum absolute atomic E-state index is 13.8. The maximum Gasteiger partial charge on any atom is 0.162 e. The summed E-state index contributed by atoms with van der Waals surface area (Å²) in [6, 6.07) is 14.2. The second-order valence-electron chi connectivity index (χ2n) is 13.0. The van der Waals surface area contributed by atoms with Crippen LogP contribution in [0.4, 0.5) is 0 Å². The van der Waals surface area contributed by atoms with Gasteiger partial charge in [0, 0.05) is 47.8 Å². The van der Waals surface area contributed by atoms with E-state index in [1.54, 1.807) is 7.11 Å². The summed E-state index contributed by atoms with van der Waals surface area (Å²) in [5, 5.41) is 0. The van der Waals surface area contributed by atoms with Gasteiger partial charge in [-0.15, -0.1) is 0 Å². The Kier molecular flexibility index (Phi) is 6.98. The van der Waals surface area contributed by atoms with E-state index in [2.05, 4.69) is 70.7 Å². The molecule has 0 unspecified atom stereocenters. The molecule has 1 heterocycles. The van der Waals surface area contributed by atoms with Crippen LogP contribution in [-0.2, 0) is 16.2 Å². The number of benzene rings is 2. The van der Waals surface area contributed by atoms with Gasteiger partial charge in [0.2, 0.25) is 0 Å². The van der Waals surface area contributed by atoms with Crippen LogP contribution in [0.2, 0.25) is 0 Å². The molecule has 3 aliphatic rings. The van der Waals surface area contributed by atoms with Crippen LogP contribution >= 0.6 is 0 Å². The molecule has 0 spiro atoms. The highest BCUT2D eigenvalue weighted by Gasteiger charge is 2.48. The van der Waals surface area contributed by atoms with Gasteiger partial charge in [0.15, 0.2) is 23.1 Å². The smallest absolute Gasteiger partial charge is 0.162 e. The van der Waals surface area contributed by atoms with E-state index in [1.165, 1.54) is 5.56 Å². The summed E-state index contributed by atoms with van der Waals surface area (Å²) in [7, 11) is 1.63. The van der Waals surface area contributed by atoms with E-state index >= 15 is 0 Å². The first-order valence-electron chi connectivity index (χ1n) is 14.1. The van der Waals surface area contributed by atoms with Gasteiger partial charge in [-0.25, -0.2) is 0 Å². The second kappa shape index (κ2) is 10.0.